The fourth-order valence-corrected chi connectivity index (χ4v) is 4.01. The Balaban J connectivity index is 2.41. The Hall–Kier alpha value is -0.220. The number of rotatable bonds is 7. The van der Waals surface area contributed by atoms with Crippen LogP contribution >= 0.6 is 11.8 Å². The van der Waals surface area contributed by atoms with Crippen LogP contribution in [0.5, 0.6) is 0 Å². The molecule has 0 saturated heterocycles. The molecule has 0 aromatic heterocycles. The number of hydrogen-bond acceptors (Lipinski definition) is 3. The van der Waals surface area contributed by atoms with E-state index in [-0.39, 0.29) is 0 Å². The summed E-state index contributed by atoms with van der Waals surface area (Å²) in [5.41, 5.74) is -0.649. The lowest BCUT2D eigenvalue weighted by Gasteiger charge is -2.25. The molecule has 3 nitrogen and oxygen atoms in total. The summed E-state index contributed by atoms with van der Waals surface area (Å²) in [6, 6.07) is 0. The molecule has 0 spiro atoms. The van der Waals surface area contributed by atoms with E-state index in [2.05, 4.69) is 19.2 Å². The maximum absolute atomic E-state index is 11.4. The molecular weight excluding hydrogens is 234 g/mol. The van der Waals surface area contributed by atoms with Gasteiger partial charge < -0.3 is 10.4 Å². The Kier molecular flexibility index (Phi) is 5.80. The number of likely N-dealkylation sites (N-methyl/N-ethyl adjacent to an activating group) is 1. The Labute approximate surface area is 109 Å². The van der Waals surface area contributed by atoms with Gasteiger partial charge in [0.25, 0.3) is 0 Å². The van der Waals surface area contributed by atoms with Gasteiger partial charge in [-0.1, -0.05) is 20.8 Å². The Morgan fingerprint density at radius 1 is 1.59 bits per heavy atom. The molecule has 1 aliphatic carbocycles. The topological polar surface area (TPSA) is 49.3 Å². The van der Waals surface area contributed by atoms with Crippen LogP contribution in [0.4, 0.5) is 0 Å². The first-order valence-electron chi connectivity index (χ1n) is 6.60. The first-order valence-corrected chi connectivity index (χ1v) is 7.65. The maximum atomic E-state index is 11.4. The van der Waals surface area contributed by atoms with Gasteiger partial charge in [0.2, 0.25) is 0 Å². The first kappa shape index (κ1) is 14.8. The summed E-state index contributed by atoms with van der Waals surface area (Å²) < 4.78 is 0. The third-order valence-electron chi connectivity index (χ3n) is 3.44. The number of hydrogen-bond donors (Lipinski definition) is 2. The zero-order valence-electron chi connectivity index (χ0n) is 11.2. The van der Waals surface area contributed by atoms with Crippen molar-refractivity contribution in [1.82, 2.24) is 5.32 Å². The molecule has 1 rings (SSSR count). The highest BCUT2D eigenvalue weighted by atomic mass is 32.2. The molecule has 100 valence electrons. The van der Waals surface area contributed by atoms with Crippen molar-refractivity contribution in [1.29, 1.82) is 0 Å². The van der Waals surface area contributed by atoms with Crippen molar-refractivity contribution < 1.29 is 9.90 Å². The van der Waals surface area contributed by atoms with E-state index >= 15 is 0 Å². The van der Waals surface area contributed by atoms with Crippen LogP contribution < -0.4 is 5.32 Å². The smallest absolute Gasteiger partial charge is 0.323 e. The fraction of sp³-hybridized carbons (Fsp3) is 0.923. The monoisotopic (exact) mass is 259 g/mol. The molecule has 0 heterocycles. The molecule has 0 aromatic carbocycles. The summed E-state index contributed by atoms with van der Waals surface area (Å²) in [6.45, 7) is 7.17. The van der Waals surface area contributed by atoms with E-state index in [9.17, 15) is 9.90 Å². The second-order valence-corrected chi connectivity index (χ2v) is 6.74. The second kappa shape index (κ2) is 6.64. The molecule has 2 N–H and O–H groups in total. The molecule has 2 unspecified atom stereocenters. The summed E-state index contributed by atoms with van der Waals surface area (Å²) in [5.74, 6) is 1.22. The maximum Gasteiger partial charge on any atom is 0.323 e. The average molecular weight is 259 g/mol. The molecule has 2 atom stereocenters. The quantitative estimate of drug-likeness (QED) is 0.738. The second-order valence-electron chi connectivity index (χ2n) is 5.34. The molecule has 17 heavy (non-hydrogen) atoms. The summed E-state index contributed by atoms with van der Waals surface area (Å²) in [4.78, 5) is 11.4. The van der Waals surface area contributed by atoms with E-state index in [0.29, 0.717) is 5.25 Å². The number of carboxylic acids is 1. The predicted molar refractivity (Wildman–Crippen MR) is 73.6 cm³/mol. The average Bonchev–Trinajstić information content (AvgIpc) is 2.63. The van der Waals surface area contributed by atoms with Crippen molar-refractivity contribution in [2.24, 2.45) is 5.92 Å². The lowest BCUT2D eigenvalue weighted by atomic mass is 9.98. The molecule has 1 saturated carbocycles. The minimum atomic E-state index is -0.675. The summed E-state index contributed by atoms with van der Waals surface area (Å²) in [5, 5.41) is 13.0. The Bertz CT molecular complexity index is 258. The molecule has 0 radical (unpaired) electrons. The van der Waals surface area contributed by atoms with E-state index < -0.39 is 11.5 Å². The minimum Gasteiger partial charge on any atom is -0.480 e. The van der Waals surface area contributed by atoms with Crippen LogP contribution in [0.25, 0.3) is 0 Å². The summed E-state index contributed by atoms with van der Waals surface area (Å²) in [7, 11) is 0. The van der Waals surface area contributed by atoms with Crippen LogP contribution in [0.15, 0.2) is 0 Å². The van der Waals surface area contributed by atoms with Crippen molar-refractivity contribution in [3.8, 4) is 0 Å². The van der Waals surface area contributed by atoms with Crippen LogP contribution in [-0.2, 0) is 4.79 Å². The lowest BCUT2D eigenvalue weighted by Crippen LogP contribution is -2.50. The van der Waals surface area contributed by atoms with Gasteiger partial charge in [0.05, 0.1) is 0 Å². The van der Waals surface area contributed by atoms with E-state index in [1.54, 1.807) is 0 Å². The SMILES string of the molecule is CCNC1(C(=O)O)CCC(SCCC(C)C)C1. The summed E-state index contributed by atoms with van der Waals surface area (Å²) in [6.07, 6.45) is 3.80. The highest BCUT2D eigenvalue weighted by Crippen LogP contribution is 2.37. The van der Waals surface area contributed by atoms with Gasteiger partial charge in [-0.15, -0.1) is 0 Å². The summed E-state index contributed by atoms with van der Waals surface area (Å²) >= 11 is 1.95. The highest BCUT2D eigenvalue weighted by molar-refractivity contribution is 7.99. The lowest BCUT2D eigenvalue weighted by molar-refractivity contribution is -0.144. The van der Waals surface area contributed by atoms with Crippen LogP contribution in [0.3, 0.4) is 0 Å². The van der Waals surface area contributed by atoms with E-state index in [4.69, 9.17) is 0 Å². The molecule has 0 aromatic rings. The fourth-order valence-electron chi connectivity index (χ4n) is 2.38. The molecule has 1 aliphatic rings. The van der Waals surface area contributed by atoms with Crippen LogP contribution in [0.2, 0.25) is 0 Å². The predicted octanol–water partition coefficient (Wildman–Crippen LogP) is 2.75. The van der Waals surface area contributed by atoms with Gasteiger partial charge in [0.15, 0.2) is 0 Å². The van der Waals surface area contributed by atoms with Gasteiger partial charge >= 0.3 is 5.97 Å². The van der Waals surface area contributed by atoms with Gasteiger partial charge in [-0.25, -0.2) is 0 Å². The Morgan fingerprint density at radius 3 is 2.82 bits per heavy atom. The van der Waals surface area contributed by atoms with E-state index in [1.807, 2.05) is 18.7 Å². The zero-order valence-corrected chi connectivity index (χ0v) is 12.0. The van der Waals surface area contributed by atoms with E-state index in [1.165, 1.54) is 6.42 Å². The van der Waals surface area contributed by atoms with Gasteiger partial charge in [0, 0.05) is 5.25 Å². The normalized spacial score (nSPS) is 28.8. The number of aliphatic carboxylic acids is 1. The number of nitrogens with one attached hydrogen (secondary N) is 1. The molecule has 4 heteroatoms. The molecule has 0 bridgehead atoms. The third kappa shape index (κ3) is 4.18. The highest BCUT2D eigenvalue weighted by Gasteiger charge is 2.44. The molecule has 0 amide bonds. The van der Waals surface area contributed by atoms with Crippen molar-refractivity contribution in [2.75, 3.05) is 12.3 Å². The molecular formula is C13H25NO2S. The van der Waals surface area contributed by atoms with Crippen molar-refractivity contribution >= 4 is 17.7 Å². The zero-order chi connectivity index (χ0) is 12.9. The van der Waals surface area contributed by atoms with Gasteiger partial charge in [-0.05, 0) is 43.9 Å². The van der Waals surface area contributed by atoms with E-state index in [0.717, 1.165) is 37.5 Å². The minimum absolute atomic E-state index is 0.517. The standard InChI is InChI=1S/C13H25NO2S/c1-4-14-13(12(15)16)7-5-11(9-13)17-8-6-10(2)3/h10-11,14H,4-9H2,1-3H3,(H,15,16). The van der Waals surface area contributed by atoms with Crippen LogP contribution in [0.1, 0.15) is 46.5 Å². The van der Waals surface area contributed by atoms with Crippen molar-refractivity contribution in [3.63, 3.8) is 0 Å². The van der Waals surface area contributed by atoms with Crippen LogP contribution in [-0.4, -0.2) is 34.2 Å². The number of carbonyl (C=O) groups is 1. The van der Waals surface area contributed by atoms with Gasteiger partial charge in [0.1, 0.15) is 5.54 Å². The third-order valence-corrected chi connectivity index (χ3v) is 4.79. The number of carboxylic acid groups (broad SMARTS) is 1. The first-order chi connectivity index (χ1) is 8.00. The van der Waals surface area contributed by atoms with Crippen LogP contribution in [0, 0.1) is 5.92 Å². The van der Waals surface area contributed by atoms with Crippen molar-refractivity contribution in [3.05, 3.63) is 0 Å². The molecule has 0 aliphatic heterocycles. The van der Waals surface area contributed by atoms with Gasteiger partial charge in [-0.3, -0.25) is 4.79 Å². The Morgan fingerprint density at radius 2 is 2.29 bits per heavy atom. The number of thioether (sulfide) groups is 1. The largest absolute Gasteiger partial charge is 0.480 e. The van der Waals surface area contributed by atoms with Crippen molar-refractivity contribution in [2.45, 2.75) is 57.2 Å². The van der Waals surface area contributed by atoms with Gasteiger partial charge in [-0.2, -0.15) is 11.8 Å². The molecule has 1 fully saturated rings.